The van der Waals surface area contributed by atoms with Gasteiger partial charge in [-0.15, -0.1) is 0 Å². The highest BCUT2D eigenvalue weighted by molar-refractivity contribution is 7.89. The molecule has 0 radical (unpaired) electrons. The minimum Gasteiger partial charge on any atom is -0.472 e. The Balaban J connectivity index is 2.12. The monoisotopic (exact) mass is 274 g/mol. The summed E-state index contributed by atoms with van der Waals surface area (Å²) in [6, 6.07) is 1.75. The Hall–Kier alpha value is -0.850. The molecular formula is C12H22N2O3S. The van der Waals surface area contributed by atoms with E-state index in [1.807, 2.05) is 0 Å². The minimum atomic E-state index is -3.17. The van der Waals surface area contributed by atoms with Crippen LogP contribution in [0.15, 0.2) is 23.0 Å². The van der Waals surface area contributed by atoms with E-state index in [1.165, 1.54) is 12.5 Å². The van der Waals surface area contributed by atoms with E-state index in [0.717, 1.165) is 31.5 Å². The van der Waals surface area contributed by atoms with Gasteiger partial charge in [0.05, 0.1) is 18.3 Å². The molecule has 104 valence electrons. The molecule has 1 aromatic rings. The van der Waals surface area contributed by atoms with Gasteiger partial charge in [-0.05, 0) is 38.4 Å². The van der Waals surface area contributed by atoms with Gasteiger partial charge in [-0.2, -0.15) is 0 Å². The third-order valence-electron chi connectivity index (χ3n) is 2.52. The molecule has 18 heavy (non-hydrogen) atoms. The molecule has 0 bridgehead atoms. The van der Waals surface area contributed by atoms with Crippen LogP contribution in [0.4, 0.5) is 0 Å². The van der Waals surface area contributed by atoms with Crippen molar-refractivity contribution < 1.29 is 12.8 Å². The molecule has 0 spiro atoms. The zero-order valence-electron chi connectivity index (χ0n) is 10.8. The molecule has 2 N–H and O–H groups in total. The van der Waals surface area contributed by atoms with Crippen LogP contribution in [-0.2, 0) is 16.6 Å². The highest BCUT2D eigenvalue weighted by atomic mass is 32.2. The van der Waals surface area contributed by atoms with Crippen LogP contribution >= 0.6 is 0 Å². The second-order valence-corrected chi connectivity index (χ2v) is 6.16. The molecule has 0 saturated heterocycles. The first kappa shape index (κ1) is 15.2. The lowest BCUT2D eigenvalue weighted by atomic mass is 10.3. The molecule has 6 heteroatoms. The summed E-state index contributed by atoms with van der Waals surface area (Å²) in [7, 11) is -3.17. The lowest BCUT2D eigenvalue weighted by molar-refractivity contribution is 0.560. The summed E-state index contributed by atoms with van der Waals surface area (Å²) in [5.74, 6) is 0.179. The van der Waals surface area contributed by atoms with Gasteiger partial charge in [0, 0.05) is 12.1 Å². The Morgan fingerprint density at radius 3 is 2.78 bits per heavy atom. The fourth-order valence-corrected chi connectivity index (χ4v) is 2.62. The second-order valence-electron chi connectivity index (χ2n) is 4.23. The number of unbranched alkanes of at least 4 members (excludes halogenated alkanes) is 1. The number of rotatable bonds is 10. The van der Waals surface area contributed by atoms with Gasteiger partial charge in [-0.1, -0.05) is 6.92 Å². The highest BCUT2D eigenvalue weighted by Crippen LogP contribution is 2.01. The van der Waals surface area contributed by atoms with Gasteiger partial charge in [0.25, 0.3) is 0 Å². The van der Waals surface area contributed by atoms with E-state index >= 15 is 0 Å². The largest absolute Gasteiger partial charge is 0.472 e. The summed E-state index contributed by atoms with van der Waals surface area (Å²) in [6.07, 6.45) is 5.73. The molecule has 0 aromatic carbocycles. The van der Waals surface area contributed by atoms with Crippen molar-refractivity contribution in [1.82, 2.24) is 10.0 Å². The molecular weight excluding hydrogens is 252 g/mol. The first-order valence-electron chi connectivity index (χ1n) is 6.33. The first-order valence-corrected chi connectivity index (χ1v) is 7.98. The summed E-state index contributed by atoms with van der Waals surface area (Å²) in [6.45, 7) is 4.28. The summed E-state index contributed by atoms with van der Waals surface area (Å²) in [5.41, 5.74) is 0.836. The van der Waals surface area contributed by atoms with Crippen molar-refractivity contribution in [2.75, 3.05) is 18.8 Å². The van der Waals surface area contributed by atoms with Crippen LogP contribution in [0.2, 0.25) is 0 Å². The smallest absolute Gasteiger partial charge is 0.211 e. The van der Waals surface area contributed by atoms with Crippen molar-refractivity contribution in [3.63, 3.8) is 0 Å². The van der Waals surface area contributed by atoms with E-state index in [9.17, 15) is 8.42 Å². The van der Waals surface area contributed by atoms with Crippen molar-refractivity contribution >= 4 is 10.0 Å². The Morgan fingerprint density at radius 2 is 2.11 bits per heavy atom. The van der Waals surface area contributed by atoms with Gasteiger partial charge in [0.15, 0.2) is 0 Å². The van der Waals surface area contributed by atoms with Crippen LogP contribution in [0.25, 0.3) is 0 Å². The van der Waals surface area contributed by atoms with Crippen molar-refractivity contribution in [2.24, 2.45) is 0 Å². The maximum absolute atomic E-state index is 11.7. The minimum absolute atomic E-state index is 0.179. The van der Waals surface area contributed by atoms with Crippen LogP contribution < -0.4 is 10.0 Å². The summed E-state index contributed by atoms with van der Waals surface area (Å²) >= 11 is 0. The number of furan rings is 1. The Morgan fingerprint density at radius 1 is 1.28 bits per heavy atom. The SMILES string of the molecule is CCCNCCCCS(=O)(=O)NCc1ccoc1. The molecule has 0 aliphatic heterocycles. The van der Waals surface area contributed by atoms with E-state index in [-0.39, 0.29) is 5.75 Å². The Bertz CT molecular complexity index is 401. The van der Waals surface area contributed by atoms with Crippen LogP contribution in [0.1, 0.15) is 31.7 Å². The van der Waals surface area contributed by atoms with E-state index < -0.39 is 10.0 Å². The van der Waals surface area contributed by atoms with Crippen molar-refractivity contribution in [1.29, 1.82) is 0 Å². The average molecular weight is 274 g/mol. The second kappa shape index (κ2) is 8.29. The fourth-order valence-electron chi connectivity index (χ4n) is 1.50. The molecule has 1 rings (SSSR count). The maximum Gasteiger partial charge on any atom is 0.211 e. The predicted molar refractivity (Wildman–Crippen MR) is 71.7 cm³/mol. The summed E-state index contributed by atoms with van der Waals surface area (Å²) in [4.78, 5) is 0. The predicted octanol–water partition coefficient (Wildman–Crippen LogP) is 1.48. The molecule has 0 unspecified atom stereocenters. The molecule has 1 heterocycles. The molecule has 1 aromatic heterocycles. The van der Waals surface area contributed by atoms with Crippen LogP contribution in [0.3, 0.4) is 0 Å². The molecule has 5 nitrogen and oxygen atoms in total. The van der Waals surface area contributed by atoms with Gasteiger partial charge >= 0.3 is 0 Å². The highest BCUT2D eigenvalue weighted by Gasteiger charge is 2.09. The van der Waals surface area contributed by atoms with Gasteiger partial charge in [0.2, 0.25) is 10.0 Å². The summed E-state index contributed by atoms with van der Waals surface area (Å²) in [5, 5.41) is 3.25. The number of hydrogen-bond donors (Lipinski definition) is 2. The average Bonchev–Trinajstić information content (AvgIpc) is 2.84. The molecule has 0 fully saturated rings. The normalized spacial score (nSPS) is 11.8. The van der Waals surface area contributed by atoms with Gasteiger partial charge in [0.1, 0.15) is 0 Å². The van der Waals surface area contributed by atoms with Crippen LogP contribution in [0, 0.1) is 0 Å². The lowest BCUT2D eigenvalue weighted by Crippen LogP contribution is -2.26. The van der Waals surface area contributed by atoms with Crippen molar-refractivity contribution in [2.45, 2.75) is 32.7 Å². The van der Waals surface area contributed by atoms with Gasteiger partial charge in [-0.25, -0.2) is 13.1 Å². The van der Waals surface area contributed by atoms with Crippen molar-refractivity contribution in [3.05, 3.63) is 24.2 Å². The van der Waals surface area contributed by atoms with E-state index in [0.29, 0.717) is 13.0 Å². The topological polar surface area (TPSA) is 71.3 Å². The number of sulfonamides is 1. The third kappa shape index (κ3) is 6.78. The molecule has 0 aliphatic carbocycles. The van der Waals surface area contributed by atoms with Gasteiger partial charge in [-0.3, -0.25) is 0 Å². The standard InChI is InChI=1S/C12H22N2O3S/c1-2-6-13-7-3-4-9-18(15,16)14-10-12-5-8-17-11-12/h5,8,11,13-14H,2-4,6-7,9-10H2,1H3. The van der Waals surface area contributed by atoms with Crippen LogP contribution in [0.5, 0.6) is 0 Å². The zero-order chi connectivity index (χ0) is 13.3. The van der Waals surface area contributed by atoms with E-state index in [4.69, 9.17) is 4.42 Å². The Labute approximate surface area is 109 Å². The summed E-state index contributed by atoms with van der Waals surface area (Å²) < 4.78 is 30.7. The molecule has 0 aliphatic rings. The first-order chi connectivity index (χ1) is 8.64. The van der Waals surface area contributed by atoms with E-state index in [1.54, 1.807) is 6.07 Å². The quantitative estimate of drug-likeness (QED) is 0.634. The third-order valence-corrected chi connectivity index (χ3v) is 3.93. The molecule has 0 atom stereocenters. The lowest BCUT2D eigenvalue weighted by Gasteiger charge is -2.06. The van der Waals surface area contributed by atoms with Gasteiger partial charge < -0.3 is 9.73 Å². The number of nitrogens with one attached hydrogen (secondary N) is 2. The fraction of sp³-hybridized carbons (Fsp3) is 0.667. The Kier molecular flexibility index (Phi) is 7.00. The molecule has 0 saturated carbocycles. The maximum atomic E-state index is 11.7. The van der Waals surface area contributed by atoms with Crippen LogP contribution in [-0.4, -0.2) is 27.3 Å². The molecule has 0 amide bonds. The van der Waals surface area contributed by atoms with E-state index in [2.05, 4.69) is 17.0 Å². The zero-order valence-corrected chi connectivity index (χ0v) is 11.6. The number of hydrogen-bond acceptors (Lipinski definition) is 4. The van der Waals surface area contributed by atoms with Crippen molar-refractivity contribution in [3.8, 4) is 0 Å².